The summed E-state index contributed by atoms with van der Waals surface area (Å²) in [5.74, 6) is -0.724. The van der Waals surface area contributed by atoms with Gasteiger partial charge in [0.05, 0.1) is 5.92 Å². The molecule has 0 aliphatic heterocycles. The van der Waals surface area contributed by atoms with Crippen LogP contribution in [0.1, 0.15) is 52.4 Å². The molecular formula is C12H22O3S. The fraction of sp³-hybridized carbons (Fsp3) is 0.833. The number of carbonyl (C=O) groups excluding carboxylic acids is 1. The Morgan fingerprint density at radius 2 is 1.81 bits per heavy atom. The van der Waals surface area contributed by atoms with Gasteiger partial charge in [0.15, 0.2) is 5.12 Å². The molecule has 3 nitrogen and oxygen atoms in total. The third-order valence-corrected chi connectivity index (χ3v) is 3.47. The minimum atomic E-state index is -0.774. The van der Waals surface area contributed by atoms with Gasteiger partial charge in [-0.15, -0.1) is 0 Å². The predicted molar refractivity (Wildman–Crippen MR) is 67.6 cm³/mol. The summed E-state index contributed by atoms with van der Waals surface area (Å²) in [6.45, 7) is 3.63. The van der Waals surface area contributed by atoms with E-state index in [0.717, 1.165) is 24.6 Å². The van der Waals surface area contributed by atoms with Crippen molar-refractivity contribution < 1.29 is 14.7 Å². The number of carbonyl (C=O) groups is 2. The number of aliphatic carboxylic acids is 1. The number of carboxylic acid groups (broad SMARTS) is 1. The summed E-state index contributed by atoms with van der Waals surface area (Å²) in [5, 5.41) is 8.96. The van der Waals surface area contributed by atoms with E-state index in [4.69, 9.17) is 5.11 Å². The Balaban J connectivity index is 3.68. The largest absolute Gasteiger partial charge is 0.481 e. The van der Waals surface area contributed by atoms with Gasteiger partial charge in [0.2, 0.25) is 0 Å². The summed E-state index contributed by atoms with van der Waals surface area (Å²) >= 11 is 1.12. The second-order valence-corrected chi connectivity index (χ2v) is 5.24. The third kappa shape index (κ3) is 8.77. The molecule has 0 amide bonds. The van der Waals surface area contributed by atoms with Crippen molar-refractivity contribution in [2.24, 2.45) is 5.92 Å². The van der Waals surface area contributed by atoms with Crippen molar-refractivity contribution in [3.8, 4) is 0 Å². The van der Waals surface area contributed by atoms with Gasteiger partial charge in [-0.25, -0.2) is 0 Å². The molecule has 0 rings (SSSR count). The minimum Gasteiger partial charge on any atom is -0.481 e. The zero-order valence-electron chi connectivity index (χ0n) is 10.2. The molecular weight excluding hydrogens is 224 g/mol. The average Bonchev–Trinajstić information content (AvgIpc) is 2.21. The van der Waals surface area contributed by atoms with Crippen molar-refractivity contribution >= 4 is 22.8 Å². The molecule has 0 spiro atoms. The molecule has 94 valence electrons. The fourth-order valence-corrected chi connectivity index (χ4v) is 2.24. The van der Waals surface area contributed by atoms with Crippen molar-refractivity contribution in [2.45, 2.75) is 52.4 Å². The van der Waals surface area contributed by atoms with E-state index in [9.17, 15) is 9.59 Å². The SMILES string of the molecule is CCCCCCCC(CSC(C)=O)C(=O)O. The summed E-state index contributed by atoms with van der Waals surface area (Å²) in [5.41, 5.74) is 0. The van der Waals surface area contributed by atoms with Gasteiger partial charge in [-0.2, -0.15) is 0 Å². The lowest BCUT2D eigenvalue weighted by molar-refractivity contribution is -0.141. The lowest BCUT2D eigenvalue weighted by Crippen LogP contribution is -2.16. The molecule has 0 fully saturated rings. The van der Waals surface area contributed by atoms with E-state index in [-0.39, 0.29) is 11.0 Å². The van der Waals surface area contributed by atoms with Crippen LogP contribution in [0, 0.1) is 5.92 Å². The van der Waals surface area contributed by atoms with Crippen LogP contribution >= 0.6 is 11.8 Å². The van der Waals surface area contributed by atoms with Crippen LogP contribution in [0.3, 0.4) is 0 Å². The zero-order valence-corrected chi connectivity index (χ0v) is 11.0. The molecule has 0 aromatic rings. The van der Waals surface area contributed by atoms with E-state index in [1.165, 1.54) is 26.2 Å². The first-order valence-corrected chi connectivity index (χ1v) is 6.92. The molecule has 4 heteroatoms. The Kier molecular flexibility index (Phi) is 9.39. The first-order chi connectivity index (χ1) is 7.57. The average molecular weight is 246 g/mol. The van der Waals surface area contributed by atoms with Crippen molar-refractivity contribution in [1.29, 1.82) is 0 Å². The van der Waals surface area contributed by atoms with E-state index < -0.39 is 5.97 Å². The highest BCUT2D eigenvalue weighted by Crippen LogP contribution is 2.17. The first kappa shape index (κ1) is 15.5. The molecule has 0 aromatic carbocycles. The van der Waals surface area contributed by atoms with Crippen LogP contribution in [0.15, 0.2) is 0 Å². The molecule has 0 heterocycles. The highest BCUT2D eigenvalue weighted by molar-refractivity contribution is 8.13. The summed E-state index contributed by atoms with van der Waals surface area (Å²) in [4.78, 5) is 21.7. The van der Waals surface area contributed by atoms with Gasteiger partial charge in [-0.1, -0.05) is 50.8 Å². The van der Waals surface area contributed by atoms with Gasteiger partial charge < -0.3 is 5.11 Å². The molecule has 1 unspecified atom stereocenters. The van der Waals surface area contributed by atoms with E-state index in [1.54, 1.807) is 0 Å². The molecule has 0 aliphatic carbocycles. The summed E-state index contributed by atoms with van der Waals surface area (Å²) < 4.78 is 0. The molecule has 0 bridgehead atoms. The maximum atomic E-state index is 10.9. The van der Waals surface area contributed by atoms with Crippen LogP contribution in [0.25, 0.3) is 0 Å². The highest BCUT2D eigenvalue weighted by Gasteiger charge is 2.17. The van der Waals surface area contributed by atoms with Crippen LogP contribution in [0.4, 0.5) is 0 Å². The number of carboxylic acids is 1. The Bertz CT molecular complexity index is 216. The van der Waals surface area contributed by atoms with Crippen LogP contribution in [0.2, 0.25) is 0 Å². The molecule has 1 N–H and O–H groups in total. The maximum Gasteiger partial charge on any atom is 0.307 e. The van der Waals surface area contributed by atoms with Crippen LogP contribution in [0.5, 0.6) is 0 Å². The van der Waals surface area contributed by atoms with E-state index in [2.05, 4.69) is 6.92 Å². The number of rotatable bonds is 9. The van der Waals surface area contributed by atoms with Gasteiger partial charge in [-0.05, 0) is 6.42 Å². The van der Waals surface area contributed by atoms with Crippen LogP contribution < -0.4 is 0 Å². The van der Waals surface area contributed by atoms with Crippen molar-refractivity contribution in [2.75, 3.05) is 5.75 Å². The molecule has 0 aliphatic rings. The molecule has 0 radical (unpaired) electrons. The van der Waals surface area contributed by atoms with Crippen molar-refractivity contribution in [3.05, 3.63) is 0 Å². The van der Waals surface area contributed by atoms with Gasteiger partial charge in [0, 0.05) is 12.7 Å². The Hall–Kier alpha value is -0.510. The van der Waals surface area contributed by atoms with Crippen molar-refractivity contribution in [1.82, 2.24) is 0 Å². The highest BCUT2D eigenvalue weighted by atomic mass is 32.2. The Morgan fingerprint density at radius 1 is 1.19 bits per heavy atom. The van der Waals surface area contributed by atoms with Gasteiger partial charge in [0.1, 0.15) is 0 Å². The third-order valence-electron chi connectivity index (χ3n) is 2.49. The lowest BCUT2D eigenvalue weighted by atomic mass is 10.0. The second kappa shape index (κ2) is 9.70. The Morgan fingerprint density at radius 3 is 2.31 bits per heavy atom. The molecule has 1 atom stereocenters. The van der Waals surface area contributed by atoms with Gasteiger partial charge in [-0.3, -0.25) is 9.59 Å². The monoisotopic (exact) mass is 246 g/mol. The van der Waals surface area contributed by atoms with Gasteiger partial charge >= 0.3 is 5.97 Å². The van der Waals surface area contributed by atoms with E-state index >= 15 is 0 Å². The Labute approximate surface area is 102 Å². The molecule has 16 heavy (non-hydrogen) atoms. The first-order valence-electron chi connectivity index (χ1n) is 5.94. The second-order valence-electron chi connectivity index (χ2n) is 4.04. The zero-order chi connectivity index (χ0) is 12.4. The molecule has 0 saturated carbocycles. The molecule has 0 aromatic heterocycles. The predicted octanol–water partition coefficient (Wildman–Crippen LogP) is 3.33. The molecule has 0 saturated heterocycles. The van der Waals surface area contributed by atoms with Crippen LogP contribution in [-0.4, -0.2) is 21.9 Å². The van der Waals surface area contributed by atoms with E-state index in [1.807, 2.05) is 0 Å². The van der Waals surface area contributed by atoms with E-state index in [0.29, 0.717) is 12.2 Å². The fourth-order valence-electron chi connectivity index (χ4n) is 1.49. The maximum absolute atomic E-state index is 10.9. The number of hydrogen-bond donors (Lipinski definition) is 1. The van der Waals surface area contributed by atoms with Gasteiger partial charge in [0.25, 0.3) is 0 Å². The number of thioether (sulfide) groups is 1. The smallest absolute Gasteiger partial charge is 0.307 e. The normalized spacial score (nSPS) is 12.4. The standard InChI is InChI=1S/C12H22O3S/c1-3-4-5-6-7-8-11(12(14)15)9-16-10(2)13/h11H,3-9H2,1-2H3,(H,14,15). The topological polar surface area (TPSA) is 54.4 Å². The lowest BCUT2D eigenvalue weighted by Gasteiger charge is -2.10. The number of hydrogen-bond acceptors (Lipinski definition) is 3. The quantitative estimate of drug-likeness (QED) is 0.634. The summed E-state index contributed by atoms with van der Waals surface area (Å²) in [7, 11) is 0. The van der Waals surface area contributed by atoms with Crippen molar-refractivity contribution in [3.63, 3.8) is 0 Å². The van der Waals surface area contributed by atoms with Crippen LogP contribution in [-0.2, 0) is 9.59 Å². The summed E-state index contributed by atoms with van der Waals surface area (Å²) in [6.07, 6.45) is 6.35. The number of unbranched alkanes of at least 4 members (excludes halogenated alkanes) is 4. The minimum absolute atomic E-state index is 0.00256. The summed E-state index contributed by atoms with van der Waals surface area (Å²) in [6, 6.07) is 0.